The second-order valence-electron chi connectivity index (χ2n) is 1.65. The molecule has 0 aromatic carbocycles. The van der Waals surface area contributed by atoms with Crippen molar-refractivity contribution in [3.8, 4) is 0 Å². The minimum atomic E-state index is 0.480. The molecule has 1 aliphatic rings. The maximum atomic E-state index is 10.5. The average Bonchev–Trinajstić information content (AvgIpc) is 1.69. The average molecular weight is 166 g/mol. The topological polar surface area (TPSA) is 27.5 Å². The zero-order valence-electron chi connectivity index (χ0n) is 4.14. The van der Waals surface area contributed by atoms with E-state index in [1.165, 1.54) is 10.6 Å². The van der Waals surface area contributed by atoms with Crippen molar-refractivity contribution in [2.45, 2.75) is 10.6 Å². The molecular weight excluding hydrogens is 157 g/mol. The summed E-state index contributed by atoms with van der Waals surface area (Å²) in [7, 11) is 0. The van der Waals surface area contributed by atoms with Gasteiger partial charge in [-0.2, -0.15) is 0 Å². The predicted octanol–water partition coefficient (Wildman–Crippen LogP) is -1.08. The fraction of sp³-hybridized carbons (Fsp3) is 1.00. The second kappa shape index (κ2) is 2.68. The fourth-order valence-electron chi connectivity index (χ4n) is 0.599. The molecule has 0 amide bonds. The van der Waals surface area contributed by atoms with Gasteiger partial charge >= 0.3 is 49.0 Å². The van der Waals surface area contributed by atoms with E-state index in [0.717, 1.165) is 28.0 Å². The summed E-state index contributed by atoms with van der Waals surface area (Å²) in [4.78, 5) is 0. The first-order valence-electron chi connectivity index (χ1n) is 2.49. The molecule has 1 saturated heterocycles. The number of hydrogen-bond acceptors (Lipinski definition) is 1. The number of quaternary nitrogens is 1. The van der Waals surface area contributed by atoms with Gasteiger partial charge in [-0.1, -0.05) is 0 Å². The number of rotatable bonds is 0. The molecule has 1 aliphatic heterocycles. The summed E-state index contributed by atoms with van der Waals surface area (Å²) in [5.41, 5.74) is 0. The minimum absolute atomic E-state index is 0.480. The molecule has 1 N–H and O–H groups in total. The fourth-order valence-corrected chi connectivity index (χ4v) is 2.59. The molecule has 0 atom stereocenters. The molecule has 0 unspecified atom stereocenters. The van der Waals surface area contributed by atoms with Crippen molar-refractivity contribution >= 4 is 15.0 Å². The van der Waals surface area contributed by atoms with Gasteiger partial charge in [0.1, 0.15) is 0 Å². The van der Waals surface area contributed by atoms with Crippen LogP contribution in [0, 0.1) is 5.21 Å². The van der Waals surface area contributed by atoms with Crippen LogP contribution in [0.25, 0.3) is 0 Å². The van der Waals surface area contributed by atoms with E-state index in [0.29, 0.717) is 5.06 Å². The van der Waals surface area contributed by atoms with Gasteiger partial charge in [-0.05, 0) is 0 Å². The molecule has 0 aromatic rings. The first-order valence-corrected chi connectivity index (χ1v) is 4.91. The van der Waals surface area contributed by atoms with Crippen molar-refractivity contribution in [1.29, 1.82) is 0 Å². The van der Waals surface area contributed by atoms with Crippen molar-refractivity contribution in [3.05, 3.63) is 5.21 Å². The van der Waals surface area contributed by atoms with E-state index in [1.54, 1.807) is 0 Å². The van der Waals surface area contributed by atoms with Crippen LogP contribution in [0.5, 0.6) is 0 Å². The number of hydroxylamine groups is 2. The predicted molar refractivity (Wildman–Crippen MR) is 29.4 cm³/mol. The summed E-state index contributed by atoms with van der Waals surface area (Å²) in [6.45, 7) is 1.75. The van der Waals surface area contributed by atoms with Crippen LogP contribution in [0.3, 0.4) is 0 Å². The van der Waals surface area contributed by atoms with Crippen LogP contribution >= 0.6 is 0 Å². The molecule has 1 fully saturated rings. The van der Waals surface area contributed by atoms with Gasteiger partial charge in [-0.25, -0.2) is 0 Å². The number of nitrogens with one attached hydrogen (secondary N) is 1. The van der Waals surface area contributed by atoms with Crippen LogP contribution in [0.1, 0.15) is 0 Å². The summed E-state index contributed by atoms with van der Waals surface area (Å²) < 4.78 is 0. The van der Waals surface area contributed by atoms with Crippen LogP contribution < -0.4 is 5.06 Å². The van der Waals surface area contributed by atoms with Gasteiger partial charge in [-0.3, -0.25) is 0 Å². The third-order valence-electron chi connectivity index (χ3n) is 1.05. The van der Waals surface area contributed by atoms with Gasteiger partial charge in [0.2, 0.25) is 0 Å². The van der Waals surface area contributed by atoms with Gasteiger partial charge in [0, 0.05) is 0 Å². The van der Waals surface area contributed by atoms with Gasteiger partial charge in [0.25, 0.3) is 0 Å². The van der Waals surface area contributed by atoms with E-state index in [4.69, 9.17) is 0 Å². The SMILES string of the molecule is [O-][NH+]1CC[Se]CC1. The Morgan fingerprint density at radius 2 is 1.86 bits per heavy atom. The molecule has 0 aliphatic carbocycles. The van der Waals surface area contributed by atoms with Gasteiger partial charge in [0.15, 0.2) is 0 Å². The van der Waals surface area contributed by atoms with E-state index in [-0.39, 0.29) is 0 Å². The Bertz CT molecular complexity index is 53.7. The molecule has 2 nitrogen and oxygen atoms in total. The van der Waals surface area contributed by atoms with Crippen molar-refractivity contribution in [2.75, 3.05) is 13.1 Å². The second-order valence-corrected chi connectivity index (χ2v) is 4.22. The van der Waals surface area contributed by atoms with Crippen molar-refractivity contribution in [1.82, 2.24) is 0 Å². The third kappa shape index (κ3) is 1.78. The Hall–Kier alpha value is 0.439. The molecule has 0 spiro atoms. The van der Waals surface area contributed by atoms with E-state index in [1.807, 2.05) is 0 Å². The molecule has 42 valence electrons. The Balaban J connectivity index is 2.12. The number of hydrogen-bond donors (Lipinski definition) is 1. The summed E-state index contributed by atoms with van der Waals surface area (Å²) in [5.74, 6) is 0. The summed E-state index contributed by atoms with van der Waals surface area (Å²) >= 11 is 0.813. The Labute approximate surface area is 49.6 Å². The maximum absolute atomic E-state index is 10.5. The standard InChI is InChI=1S/C4H9NOSe/c6-5-1-3-7-4-2-5/h5H,1-4H2. The van der Waals surface area contributed by atoms with Gasteiger partial charge in [-0.15, -0.1) is 0 Å². The molecular formula is C4H9NOSe. The van der Waals surface area contributed by atoms with Gasteiger partial charge in [0.05, 0.1) is 0 Å². The summed E-state index contributed by atoms with van der Waals surface area (Å²) in [6.07, 6.45) is 0. The molecule has 1 rings (SSSR count). The van der Waals surface area contributed by atoms with E-state index in [9.17, 15) is 5.21 Å². The van der Waals surface area contributed by atoms with Gasteiger partial charge < -0.3 is 0 Å². The monoisotopic (exact) mass is 167 g/mol. The van der Waals surface area contributed by atoms with Crippen LogP contribution in [-0.2, 0) is 0 Å². The summed E-state index contributed by atoms with van der Waals surface area (Å²) in [5, 5.41) is 13.4. The first-order chi connectivity index (χ1) is 3.39. The molecule has 1 heterocycles. The van der Waals surface area contributed by atoms with E-state index >= 15 is 0 Å². The third-order valence-corrected chi connectivity index (χ3v) is 3.12. The zero-order valence-corrected chi connectivity index (χ0v) is 5.86. The molecule has 0 aromatic heterocycles. The Kier molecular flexibility index (Phi) is 2.13. The van der Waals surface area contributed by atoms with E-state index < -0.39 is 0 Å². The van der Waals surface area contributed by atoms with Crippen molar-refractivity contribution in [3.63, 3.8) is 0 Å². The van der Waals surface area contributed by atoms with Crippen LogP contribution in [0.4, 0.5) is 0 Å². The van der Waals surface area contributed by atoms with Crippen molar-refractivity contribution in [2.24, 2.45) is 0 Å². The summed E-state index contributed by atoms with van der Waals surface area (Å²) in [6, 6.07) is 0. The molecule has 0 bridgehead atoms. The van der Waals surface area contributed by atoms with Crippen LogP contribution in [-0.4, -0.2) is 28.0 Å². The molecule has 0 saturated carbocycles. The van der Waals surface area contributed by atoms with E-state index in [2.05, 4.69) is 0 Å². The molecule has 3 heteroatoms. The van der Waals surface area contributed by atoms with Crippen LogP contribution in [0.15, 0.2) is 0 Å². The Morgan fingerprint density at radius 1 is 1.29 bits per heavy atom. The first kappa shape index (κ1) is 5.57. The van der Waals surface area contributed by atoms with Crippen molar-refractivity contribution < 1.29 is 5.06 Å². The molecule has 0 radical (unpaired) electrons. The zero-order chi connectivity index (χ0) is 5.11. The van der Waals surface area contributed by atoms with Crippen LogP contribution in [0.2, 0.25) is 10.6 Å². The molecule has 7 heavy (non-hydrogen) atoms. The normalized spacial score (nSPS) is 25.3. The quantitative estimate of drug-likeness (QED) is 0.360. The Morgan fingerprint density at radius 3 is 2.14 bits per heavy atom.